The van der Waals surface area contributed by atoms with E-state index in [1.807, 2.05) is 20.8 Å². The average molecular weight is 273 g/mol. The van der Waals surface area contributed by atoms with Gasteiger partial charge in [0, 0.05) is 19.7 Å². The van der Waals surface area contributed by atoms with Crippen LogP contribution in [0.4, 0.5) is 0 Å². The molecule has 3 N–H and O–H groups in total. The third-order valence-corrected chi connectivity index (χ3v) is 3.38. The maximum atomic E-state index is 12.5. The number of nitrogens with two attached hydrogens (primary N) is 1. The second-order valence-electron chi connectivity index (χ2n) is 4.48. The molecule has 0 aliphatic heterocycles. The summed E-state index contributed by atoms with van der Waals surface area (Å²) in [6.45, 7) is 6.95. The molecule has 0 aliphatic carbocycles. The zero-order valence-corrected chi connectivity index (χ0v) is 12.4. The number of rotatable bonds is 9. The monoisotopic (exact) mass is 273 g/mol. The molecule has 1 atom stereocenters. The highest BCUT2D eigenvalue weighted by atomic mass is 16.5. The molecule has 0 bridgehead atoms. The van der Waals surface area contributed by atoms with Gasteiger partial charge in [-0.2, -0.15) is 0 Å². The van der Waals surface area contributed by atoms with Crippen LogP contribution >= 0.6 is 0 Å². The topological polar surface area (TPSA) is 88.2 Å². The van der Waals surface area contributed by atoms with Crippen molar-refractivity contribution in [1.82, 2.24) is 4.90 Å². The van der Waals surface area contributed by atoms with Crippen LogP contribution in [-0.2, 0) is 9.53 Å². The smallest absolute Gasteiger partial charge is 0.233 e. The van der Waals surface area contributed by atoms with Gasteiger partial charge in [0.25, 0.3) is 0 Å². The normalized spacial score (nSPS) is 13.6. The van der Waals surface area contributed by atoms with E-state index in [-0.39, 0.29) is 17.8 Å². The highest BCUT2D eigenvalue weighted by Crippen LogP contribution is 2.15. The molecular formula is C13H27N3O3. The SMILES string of the molecule is CCC(C(=O)N(CCOC)C(CC)CC)C(N)=NO. The Kier molecular flexibility index (Phi) is 8.95. The molecule has 19 heavy (non-hydrogen) atoms. The van der Waals surface area contributed by atoms with Crippen LogP contribution in [0.5, 0.6) is 0 Å². The van der Waals surface area contributed by atoms with Gasteiger partial charge in [-0.15, -0.1) is 0 Å². The van der Waals surface area contributed by atoms with Crippen molar-refractivity contribution in [1.29, 1.82) is 0 Å². The van der Waals surface area contributed by atoms with Crippen molar-refractivity contribution < 1.29 is 14.7 Å². The minimum Gasteiger partial charge on any atom is -0.409 e. The summed E-state index contributed by atoms with van der Waals surface area (Å²) in [6, 6.07) is 0.156. The lowest BCUT2D eigenvalue weighted by Gasteiger charge is -2.33. The third-order valence-electron chi connectivity index (χ3n) is 3.38. The second kappa shape index (κ2) is 9.61. The molecule has 0 saturated heterocycles. The maximum Gasteiger partial charge on any atom is 0.233 e. The first-order valence-electron chi connectivity index (χ1n) is 6.83. The Labute approximate surface area is 115 Å². The van der Waals surface area contributed by atoms with Crippen LogP contribution in [0.3, 0.4) is 0 Å². The second-order valence-corrected chi connectivity index (χ2v) is 4.48. The summed E-state index contributed by atoms with van der Waals surface area (Å²) in [5.74, 6) is -0.688. The van der Waals surface area contributed by atoms with Crippen molar-refractivity contribution in [2.24, 2.45) is 16.8 Å². The minimum absolute atomic E-state index is 0.0270. The standard InChI is InChI=1S/C13H27N3O3/c1-5-10(6-2)16(8-9-19-4)13(17)11(7-3)12(14)15-18/h10-11,18H,5-9H2,1-4H3,(H2,14,15). The van der Waals surface area contributed by atoms with Gasteiger partial charge in [-0.3, -0.25) is 4.79 Å². The number of nitrogens with zero attached hydrogens (tertiary/aromatic N) is 2. The Balaban J connectivity index is 5.05. The predicted molar refractivity (Wildman–Crippen MR) is 75.1 cm³/mol. The van der Waals surface area contributed by atoms with E-state index in [4.69, 9.17) is 15.7 Å². The first-order chi connectivity index (χ1) is 9.06. The molecule has 0 radical (unpaired) electrons. The molecule has 6 nitrogen and oxygen atoms in total. The predicted octanol–water partition coefficient (Wildman–Crippen LogP) is 1.42. The summed E-state index contributed by atoms with van der Waals surface area (Å²) in [5, 5.41) is 11.7. The van der Waals surface area contributed by atoms with Gasteiger partial charge in [0.05, 0.1) is 12.5 Å². The molecule has 0 aromatic heterocycles. The Bertz CT molecular complexity index is 291. The fourth-order valence-corrected chi connectivity index (χ4v) is 2.17. The molecule has 0 saturated carbocycles. The van der Waals surface area contributed by atoms with Gasteiger partial charge in [-0.1, -0.05) is 25.9 Å². The van der Waals surface area contributed by atoms with Crippen molar-refractivity contribution in [2.45, 2.75) is 46.1 Å². The number of oxime groups is 1. The quantitative estimate of drug-likeness (QED) is 0.288. The Morgan fingerprint density at radius 2 is 1.89 bits per heavy atom. The molecule has 0 aromatic carbocycles. The number of methoxy groups -OCH3 is 1. The van der Waals surface area contributed by atoms with Gasteiger partial charge in [0.15, 0.2) is 5.84 Å². The van der Waals surface area contributed by atoms with Gasteiger partial charge in [0.2, 0.25) is 5.91 Å². The van der Waals surface area contributed by atoms with Gasteiger partial charge < -0.3 is 20.6 Å². The first kappa shape index (κ1) is 17.7. The van der Waals surface area contributed by atoms with Gasteiger partial charge in [0.1, 0.15) is 0 Å². The minimum atomic E-state index is -0.567. The third kappa shape index (κ3) is 5.06. The molecule has 1 amide bonds. The van der Waals surface area contributed by atoms with E-state index in [9.17, 15) is 4.79 Å². The number of amidine groups is 1. The van der Waals surface area contributed by atoms with Crippen molar-refractivity contribution in [2.75, 3.05) is 20.3 Å². The van der Waals surface area contributed by atoms with Crippen LogP contribution in [0.1, 0.15) is 40.0 Å². The highest BCUT2D eigenvalue weighted by molar-refractivity contribution is 6.02. The highest BCUT2D eigenvalue weighted by Gasteiger charge is 2.29. The van der Waals surface area contributed by atoms with Crippen molar-refractivity contribution in [3.63, 3.8) is 0 Å². The van der Waals surface area contributed by atoms with Crippen molar-refractivity contribution in [3.8, 4) is 0 Å². The molecule has 0 spiro atoms. The number of hydrogen-bond donors (Lipinski definition) is 2. The summed E-state index contributed by atoms with van der Waals surface area (Å²) in [4.78, 5) is 14.3. The molecular weight excluding hydrogens is 246 g/mol. The fourth-order valence-electron chi connectivity index (χ4n) is 2.17. The fraction of sp³-hybridized carbons (Fsp3) is 0.846. The zero-order chi connectivity index (χ0) is 14.8. The van der Waals surface area contributed by atoms with Crippen LogP contribution in [0.15, 0.2) is 5.16 Å². The molecule has 0 aromatic rings. The lowest BCUT2D eigenvalue weighted by atomic mass is 10.0. The molecule has 0 rings (SSSR count). The van der Waals surface area contributed by atoms with Crippen molar-refractivity contribution in [3.05, 3.63) is 0 Å². The van der Waals surface area contributed by atoms with Crippen LogP contribution < -0.4 is 5.73 Å². The maximum absolute atomic E-state index is 12.5. The van der Waals surface area contributed by atoms with Crippen LogP contribution in [0.2, 0.25) is 0 Å². The van der Waals surface area contributed by atoms with Gasteiger partial charge >= 0.3 is 0 Å². The Morgan fingerprint density at radius 1 is 1.32 bits per heavy atom. The van der Waals surface area contributed by atoms with E-state index in [1.165, 1.54) is 0 Å². The van der Waals surface area contributed by atoms with E-state index in [1.54, 1.807) is 12.0 Å². The summed E-state index contributed by atoms with van der Waals surface area (Å²) in [5.41, 5.74) is 5.60. The lowest BCUT2D eigenvalue weighted by Crippen LogP contribution is -2.47. The number of ether oxygens (including phenoxy) is 1. The van der Waals surface area contributed by atoms with E-state index in [0.29, 0.717) is 19.6 Å². The molecule has 0 heterocycles. The first-order valence-corrected chi connectivity index (χ1v) is 6.83. The van der Waals surface area contributed by atoms with Crippen LogP contribution in [-0.4, -0.2) is 48.2 Å². The number of hydrogen-bond acceptors (Lipinski definition) is 4. The van der Waals surface area contributed by atoms with Gasteiger partial charge in [-0.05, 0) is 19.3 Å². The van der Waals surface area contributed by atoms with E-state index >= 15 is 0 Å². The van der Waals surface area contributed by atoms with E-state index in [0.717, 1.165) is 12.8 Å². The van der Waals surface area contributed by atoms with E-state index in [2.05, 4.69) is 5.16 Å². The lowest BCUT2D eigenvalue weighted by molar-refractivity contribution is -0.136. The summed E-state index contributed by atoms with van der Waals surface area (Å²) in [6.07, 6.45) is 2.26. The summed E-state index contributed by atoms with van der Waals surface area (Å²) < 4.78 is 5.06. The number of carbonyl (C=O) groups excluding carboxylic acids is 1. The van der Waals surface area contributed by atoms with Crippen LogP contribution in [0.25, 0.3) is 0 Å². The molecule has 112 valence electrons. The average Bonchev–Trinajstić information content (AvgIpc) is 2.43. The molecule has 0 aliphatic rings. The molecule has 0 fully saturated rings. The van der Waals surface area contributed by atoms with E-state index < -0.39 is 5.92 Å². The molecule has 6 heteroatoms. The zero-order valence-electron chi connectivity index (χ0n) is 12.4. The largest absolute Gasteiger partial charge is 0.409 e. The van der Waals surface area contributed by atoms with Gasteiger partial charge in [-0.25, -0.2) is 0 Å². The summed E-state index contributed by atoms with van der Waals surface area (Å²) >= 11 is 0. The molecule has 1 unspecified atom stereocenters. The number of amides is 1. The Hall–Kier alpha value is -1.30. The number of carbonyl (C=O) groups is 1. The Morgan fingerprint density at radius 3 is 2.26 bits per heavy atom. The summed E-state index contributed by atoms with van der Waals surface area (Å²) in [7, 11) is 1.61. The van der Waals surface area contributed by atoms with Crippen molar-refractivity contribution >= 4 is 11.7 Å². The van der Waals surface area contributed by atoms with Crippen LogP contribution in [0, 0.1) is 5.92 Å².